The Morgan fingerprint density at radius 2 is 1.57 bits per heavy atom. The van der Waals surface area contributed by atoms with Crippen LogP contribution in [0.5, 0.6) is 0 Å². The molecule has 8 aliphatic rings. The van der Waals surface area contributed by atoms with E-state index in [-0.39, 0.29) is 58.3 Å². The molecule has 3 heterocycles. The molecule has 0 aromatic rings. The van der Waals surface area contributed by atoms with Crippen molar-refractivity contribution in [1.29, 1.82) is 0 Å². The molecule has 0 amide bonds. The van der Waals surface area contributed by atoms with Gasteiger partial charge in [-0.05, 0) is 105 Å². The summed E-state index contributed by atoms with van der Waals surface area (Å²) >= 11 is 0. The lowest BCUT2D eigenvalue weighted by atomic mass is 9.41. The van der Waals surface area contributed by atoms with Crippen LogP contribution in [0.3, 0.4) is 0 Å². The van der Waals surface area contributed by atoms with Crippen molar-refractivity contribution >= 4 is 5.97 Å². The summed E-state index contributed by atoms with van der Waals surface area (Å²) in [4.78, 5) is 12.1. The number of rotatable bonds is 4. The Hall–Kier alpha value is -0.850. The summed E-state index contributed by atoms with van der Waals surface area (Å²) < 4.78 is 31.9. The minimum atomic E-state index is -1.29. The molecule has 5 aliphatic carbocycles. The Morgan fingerprint density at radius 3 is 2.28 bits per heavy atom. The second-order valence-corrected chi connectivity index (χ2v) is 18.8. The minimum Gasteiger partial charge on any atom is -0.457 e. The second-order valence-electron chi connectivity index (χ2n) is 18.8. The van der Waals surface area contributed by atoms with Crippen molar-refractivity contribution in [2.75, 3.05) is 6.61 Å². The molecule has 5 saturated carbocycles. The zero-order valence-electron chi connectivity index (χ0n) is 29.5. The van der Waals surface area contributed by atoms with Crippen molar-refractivity contribution in [3.8, 4) is 0 Å². The van der Waals surface area contributed by atoms with Gasteiger partial charge in [-0.15, -0.1) is 0 Å². The maximum atomic E-state index is 12.8. The van der Waals surface area contributed by atoms with E-state index in [2.05, 4.69) is 34.6 Å². The molecule has 0 aromatic heterocycles. The minimum absolute atomic E-state index is 0.0329. The summed E-state index contributed by atoms with van der Waals surface area (Å²) in [7, 11) is 0. The van der Waals surface area contributed by atoms with Gasteiger partial charge in [-0.3, -0.25) is 4.79 Å². The summed E-state index contributed by atoms with van der Waals surface area (Å²) in [5.41, 5.74) is -1.36. The fourth-order valence-electron chi connectivity index (χ4n) is 14.4. The molecule has 3 aliphatic heterocycles. The SMILES string of the molecule is CC(=O)OC(C)(C)[C@@H]1O[C@@]23O[C@@H]1C[C@@H](C)[C@@H]2[C@@]1(C)CC[C@@]24C[C@@]25CC[C@H](O[C@@H]2OC[C@H](O)[C@H](O)[C@H]2O)C(C)(C)[C@@H]5CC[C@H]4[C@]1(C)[C@H]3O. The van der Waals surface area contributed by atoms with E-state index in [4.69, 9.17) is 23.7 Å². The quantitative estimate of drug-likeness (QED) is 0.260. The highest BCUT2D eigenvalue weighted by molar-refractivity contribution is 5.66. The number of aliphatic hydroxyl groups excluding tert-OH is 4. The van der Waals surface area contributed by atoms with E-state index in [1.807, 2.05) is 13.8 Å². The van der Waals surface area contributed by atoms with Crippen LogP contribution in [0.15, 0.2) is 0 Å². The number of fused-ring (bicyclic) bond motifs is 4. The van der Waals surface area contributed by atoms with E-state index in [0.717, 1.165) is 51.4 Å². The van der Waals surface area contributed by atoms with E-state index < -0.39 is 53.6 Å². The van der Waals surface area contributed by atoms with E-state index in [1.54, 1.807) is 0 Å². The van der Waals surface area contributed by atoms with Crippen LogP contribution < -0.4 is 0 Å². The summed E-state index contributed by atoms with van der Waals surface area (Å²) in [5, 5.41) is 43.7. The predicted molar refractivity (Wildman–Crippen MR) is 168 cm³/mol. The van der Waals surface area contributed by atoms with Gasteiger partial charge >= 0.3 is 5.97 Å². The lowest BCUT2D eigenvalue weighted by Crippen LogP contribution is -2.61. The monoisotopic (exact) mass is 662 g/mol. The summed E-state index contributed by atoms with van der Waals surface area (Å²) in [5.74, 6) is -0.402. The first-order chi connectivity index (χ1) is 21.8. The lowest BCUT2D eigenvalue weighted by Gasteiger charge is -2.63. The first kappa shape index (κ1) is 33.3. The molecule has 17 atom stereocenters. The molecular formula is C37H58O10. The van der Waals surface area contributed by atoms with Crippen LogP contribution in [-0.2, 0) is 28.5 Å². The maximum Gasteiger partial charge on any atom is 0.303 e. The molecule has 8 fully saturated rings. The lowest BCUT2D eigenvalue weighted by molar-refractivity contribution is -0.303. The topological polar surface area (TPSA) is 144 Å². The molecule has 0 unspecified atom stereocenters. The van der Waals surface area contributed by atoms with Crippen molar-refractivity contribution in [3.63, 3.8) is 0 Å². The number of hydrogen-bond acceptors (Lipinski definition) is 10. The van der Waals surface area contributed by atoms with Crippen LogP contribution in [0, 0.1) is 50.7 Å². The van der Waals surface area contributed by atoms with E-state index in [9.17, 15) is 25.2 Å². The van der Waals surface area contributed by atoms with Crippen LogP contribution in [0.2, 0.25) is 0 Å². The molecular weight excluding hydrogens is 604 g/mol. The molecule has 4 N–H and O–H groups in total. The van der Waals surface area contributed by atoms with Crippen molar-refractivity contribution in [2.24, 2.45) is 50.7 Å². The number of esters is 1. The van der Waals surface area contributed by atoms with Crippen molar-refractivity contribution in [2.45, 2.75) is 167 Å². The zero-order chi connectivity index (χ0) is 33.9. The summed E-state index contributed by atoms with van der Waals surface area (Å²) in [6, 6.07) is 0. The van der Waals surface area contributed by atoms with E-state index >= 15 is 0 Å². The molecule has 266 valence electrons. The molecule has 10 nitrogen and oxygen atoms in total. The highest BCUT2D eigenvalue weighted by Crippen LogP contribution is 2.90. The van der Waals surface area contributed by atoms with Gasteiger partial charge < -0.3 is 44.1 Å². The normalized spacial score (nSPS) is 58.8. The Balaban J connectivity index is 1.09. The van der Waals surface area contributed by atoms with Crippen LogP contribution in [0.1, 0.15) is 107 Å². The molecule has 10 heteroatoms. The molecule has 0 aromatic carbocycles. The first-order valence-electron chi connectivity index (χ1n) is 18.4. The van der Waals surface area contributed by atoms with Crippen molar-refractivity contribution < 1.29 is 48.9 Å². The summed E-state index contributed by atoms with van der Waals surface area (Å²) in [6.07, 6.45) is 1.72. The Labute approximate surface area is 279 Å². The average Bonchev–Trinajstić information content (AvgIpc) is 3.49. The third-order valence-electron chi connectivity index (χ3n) is 16.3. The largest absolute Gasteiger partial charge is 0.457 e. The molecule has 47 heavy (non-hydrogen) atoms. The van der Waals surface area contributed by atoms with Crippen molar-refractivity contribution in [3.05, 3.63) is 0 Å². The van der Waals surface area contributed by atoms with Crippen LogP contribution in [0.25, 0.3) is 0 Å². The fourth-order valence-corrected chi connectivity index (χ4v) is 14.4. The number of hydrogen-bond donors (Lipinski definition) is 4. The molecule has 3 saturated heterocycles. The van der Waals surface area contributed by atoms with Gasteiger partial charge in [0.15, 0.2) is 12.1 Å². The van der Waals surface area contributed by atoms with Gasteiger partial charge in [0.2, 0.25) is 0 Å². The molecule has 0 radical (unpaired) electrons. The van der Waals surface area contributed by atoms with Gasteiger partial charge in [0, 0.05) is 18.3 Å². The molecule has 8 rings (SSSR count). The smallest absolute Gasteiger partial charge is 0.303 e. The van der Waals surface area contributed by atoms with E-state index in [1.165, 1.54) is 6.92 Å². The number of carbonyl (C=O) groups excluding carboxylic acids is 1. The number of aliphatic hydroxyl groups is 4. The van der Waals surface area contributed by atoms with Gasteiger partial charge in [0.1, 0.15) is 36.1 Å². The molecule has 3 spiro atoms. The van der Waals surface area contributed by atoms with Crippen LogP contribution in [0.4, 0.5) is 0 Å². The number of ether oxygens (including phenoxy) is 5. The highest BCUT2D eigenvalue weighted by atomic mass is 16.8. The third kappa shape index (κ3) is 3.88. The predicted octanol–water partition coefficient (Wildman–Crippen LogP) is 3.69. The standard InChI is InChI=1S/C37H58O10/c1-18-15-21-28(32(5,6)45-19(2)38)47-37(46-21)27(18)33(7)13-14-36-17-35(36)12-11-24(44-29-26(41)25(40)20(39)16-43-29)31(3,4)22(35)9-10-23(36)34(33,8)30(37)42/h18,20-30,39-42H,9-17H2,1-8H3/t18-,20+,21-,22+,23+,24+,25+,26-,27-,28-,29+,30-,33-,34-,35-,36+,37+/m1/s1. The number of carbonyl (C=O) groups is 1. The fraction of sp³-hybridized carbons (Fsp3) is 0.973. The van der Waals surface area contributed by atoms with Crippen LogP contribution in [-0.4, -0.2) is 93.4 Å². The highest BCUT2D eigenvalue weighted by Gasteiger charge is 2.88. The first-order valence-corrected chi connectivity index (χ1v) is 18.4. The van der Waals surface area contributed by atoms with Crippen molar-refractivity contribution in [1.82, 2.24) is 0 Å². The Kier molecular flexibility index (Phi) is 7.03. The average molecular weight is 663 g/mol. The van der Waals surface area contributed by atoms with Gasteiger partial charge in [0.05, 0.1) is 18.8 Å². The summed E-state index contributed by atoms with van der Waals surface area (Å²) in [6.45, 7) is 16.8. The maximum absolute atomic E-state index is 12.8. The van der Waals surface area contributed by atoms with Gasteiger partial charge in [0.25, 0.3) is 0 Å². The zero-order valence-corrected chi connectivity index (χ0v) is 29.5. The third-order valence-corrected chi connectivity index (χ3v) is 16.3. The molecule has 2 bridgehead atoms. The Bertz CT molecular complexity index is 1320. The van der Waals surface area contributed by atoms with Gasteiger partial charge in [-0.1, -0.05) is 34.6 Å². The second kappa shape index (κ2) is 9.93. The Morgan fingerprint density at radius 1 is 0.894 bits per heavy atom. The van der Waals surface area contributed by atoms with Gasteiger partial charge in [-0.25, -0.2) is 0 Å². The van der Waals surface area contributed by atoms with Crippen LogP contribution >= 0.6 is 0 Å². The van der Waals surface area contributed by atoms with E-state index in [0.29, 0.717) is 11.8 Å². The van der Waals surface area contributed by atoms with Gasteiger partial charge in [-0.2, -0.15) is 0 Å².